The lowest BCUT2D eigenvalue weighted by Gasteiger charge is -2.10. The van der Waals surface area contributed by atoms with Crippen molar-refractivity contribution in [3.05, 3.63) is 510 Å². The lowest BCUT2D eigenvalue weighted by Crippen LogP contribution is -2.00. The first-order valence-electron chi connectivity index (χ1n) is 45.9. The maximum atomic E-state index is 4.88. The highest BCUT2D eigenvalue weighted by Gasteiger charge is 2.19. The first-order valence-corrected chi connectivity index (χ1v) is 45.9. The van der Waals surface area contributed by atoms with Gasteiger partial charge in [-0.05, 0) is 188 Å². The maximum Gasteiger partial charge on any atom is 0.164 e. The SMILES string of the molecule is c1ccc(-c2nc(-c3ccccc3)nc(-c3ccc(-c4ccc5ccc(-c6ccc(-c7ccccn7)cc6)cc5c4)cc3)n2)cc1.c1ccc(-c2nc(-c3ccccc3)nc(-c3ccc(-c4ccc5ccc(-c6ccc(-c7cccnc7)cc6)cc5c4)cc3)n2)cc1.c1ccc(-c2nc(-c3ccccc3)nc(-c3ccc(-c4ccc5ccc(-c6ccc(-c7ccncc7)cc6)cc5c4)cc3)n2)cc1. The van der Waals surface area contributed by atoms with Crippen LogP contribution in [-0.2, 0) is 0 Å². The first kappa shape index (κ1) is 84.7. The normalized spacial score (nSPS) is 11.0. The molecule has 0 N–H and O–H groups in total. The lowest BCUT2D eigenvalue weighted by molar-refractivity contribution is 1.07. The van der Waals surface area contributed by atoms with E-state index < -0.39 is 0 Å². The van der Waals surface area contributed by atoms with E-state index in [1.54, 1.807) is 6.20 Å². The summed E-state index contributed by atoms with van der Waals surface area (Å²) in [6, 6.07) is 166. The summed E-state index contributed by atoms with van der Waals surface area (Å²) < 4.78 is 0. The zero-order valence-electron chi connectivity index (χ0n) is 74.9. The molecule has 0 spiro atoms. The second-order valence-electron chi connectivity index (χ2n) is 33.6. The van der Waals surface area contributed by atoms with Crippen LogP contribution >= 0.6 is 0 Å². The largest absolute Gasteiger partial charge is 0.265 e. The molecule has 24 rings (SSSR count). The molecular weight excluding hydrogens is 1680 g/mol. The van der Waals surface area contributed by atoms with Gasteiger partial charge in [0.05, 0.1) is 5.69 Å². The molecule has 24 aromatic rings. The molecule has 648 valence electrons. The molecule has 138 heavy (non-hydrogen) atoms. The van der Waals surface area contributed by atoms with Gasteiger partial charge in [-0.3, -0.25) is 15.0 Å². The van der Waals surface area contributed by atoms with Crippen molar-refractivity contribution >= 4 is 32.3 Å². The number of nitrogens with zero attached hydrogens (tertiary/aromatic N) is 12. The van der Waals surface area contributed by atoms with E-state index in [1.165, 1.54) is 76.8 Å². The number of hydrogen-bond donors (Lipinski definition) is 0. The summed E-state index contributed by atoms with van der Waals surface area (Å²) in [5, 5.41) is 7.24. The van der Waals surface area contributed by atoms with Crippen LogP contribution in [0.15, 0.2) is 510 Å². The van der Waals surface area contributed by atoms with E-state index in [2.05, 4.69) is 276 Å². The van der Waals surface area contributed by atoms with Crippen molar-refractivity contribution in [2.45, 2.75) is 0 Å². The fraction of sp³-hybridized carbons (Fsp3) is 0. The van der Waals surface area contributed by atoms with Crippen molar-refractivity contribution in [1.82, 2.24) is 59.8 Å². The smallest absolute Gasteiger partial charge is 0.164 e. The van der Waals surface area contributed by atoms with E-state index in [4.69, 9.17) is 44.9 Å². The third-order valence-corrected chi connectivity index (χ3v) is 24.7. The van der Waals surface area contributed by atoms with Crippen LogP contribution in [0, 0.1) is 0 Å². The summed E-state index contributed by atoms with van der Waals surface area (Å²) in [6.07, 6.45) is 9.18. The predicted molar refractivity (Wildman–Crippen MR) is 563 cm³/mol. The lowest BCUT2D eigenvalue weighted by atomic mass is 9.96. The van der Waals surface area contributed by atoms with Gasteiger partial charge in [0.2, 0.25) is 0 Å². The fourth-order valence-corrected chi connectivity index (χ4v) is 17.2. The number of rotatable bonds is 18. The molecule has 18 aromatic carbocycles. The van der Waals surface area contributed by atoms with Crippen LogP contribution in [0.5, 0.6) is 0 Å². The van der Waals surface area contributed by atoms with Crippen molar-refractivity contribution in [2.24, 2.45) is 0 Å². The fourth-order valence-electron chi connectivity index (χ4n) is 17.2. The highest BCUT2D eigenvalue weighted by atomic mass is 15.1. The molecule has 0 unspecified atom stereocenters. The van der Waals surface area contributed by atoms with Crippen LogP contribution in [0.1, 0.15) is 0 Å². The molecule has 0 radical (unpaired) electrons. The Kier molecular flexibility index (Phi) is 24.2. The predicted octanol–water partition coefficient (Wildman–Crippen LogP) is 31.3. The van der Waals surface area contributed by atoms with E-state index >= 15 is 0 Å². The minimum absolute atomic E-state index is 0.650. The Labute approximate surface area is 799 Å². The summed E-state index contributed by atoms with van der Waals surface area (Å²) in [5.41, 5.74) is 29.3. The Balaban J connectivity index is 0.000000119. The van der Waals surface area contributed by atoms with Crippen LogP contribution in [0.3, 0.4) is 0 Å². The molecule has 0 aliphatic carbocycles. The van der Waals surface area contributed by atoms with Crippen LogP contribution < -0.4 is 0 Å². The average Bonchev–Trinajstić information content (AvgIpc) is 0.821. The molecule has 6 aromatic heterocycles. The van der Waals surface area contributed by atoms with Gasteiger partial charge in [0.1, 0.15) is 0 Å². The van der Waals surface area contributed by atoms with Crippen LogP contribution in [0.4, 0.5) is 0 Å². The van der Waals surface area contributed by atoms with Crippen LogP contribution in [0.2, 0.25) is 0 Å². The molecule has 0 aliphatic rings. The summed E-state index contributed by atoms with van der Waals surface area (Å²) >= 11 is 0. The minimum atomic E-state index is 0.650. The Morgan fingerprint density at radius 3 is 0.536 bits per heavy atom. The van der Waals surface area contributed by atoms with Gasteiger partial charge in [0.25, 0.3) is 0 Å². The topological polar surface area (TPSA) is 155 Å². The summed E-state index contributed by atoms with van der Waals surface area (Å²) in [6.45, 7) is 0. The van der Waals surface area contributed by atoms with Gasteiger partial charge in [0, 0.05) is 86.6 Å². The Morgan fingerprint density at radius 2 is 0.304 bits per heavy atom. The second kappa shape index (κ2) is 39.3. The van der Waals surface area contributed by atoms with Gasteiger partial charge in [-0.2, -0.15) is 0 Å². The average molecular weight is 1770 g/mol. The highest BCUT2D eigenvalue weighted by Crippen LogP contribution is 2.39. The number of benzene rings is 18. The summed E-state index contributed by atoms with van der Waals surface area (Å²) in [7, 11) is 0. The van der Waals surface area contributed by atoms with Gasteiger partial charge in [-0.25, -0.2) is 44.9 Å². The number of aromatic nitrogens is 12. The Morgan fingerprint density at radius 1 is 0.109 bits per heavy atom. The Hall–Kier alpha value is -18.8. The molecule has 12 heteroatoms. The third-order valence-electron chi connectivity index (χ3n) is 24.7. The van der Waals surface area contributed by atoms with Crippen molar-refractivity contribution in [2.75, 3.05) is 0 Å². The molecule has 0 saturated carbocycles. The maximum absolute atomic E-state index is 4.88. The van der Waals surface area contributed by atoms with Crippen molar-refractivity contribution in [1.29, 1.82) is 0 Å². The third kappa shape index (κ3) is 19.2. The Bertz CT molecular complexity index is 7410. The molecule has 0 aliphatic heterocycles. The van der Waals surface area contributed by atoms with Gasteiger partial charge < -0.3 is 0 Å². The monoisotopic (exact) mass is 1760 g/mol. The number of hydrogen-bond acceptors (Lipinski definition) is 12. The van der Waals surface area contributed by atoms with E-state index in [9.17, 15) is 0 Å². The van der Waals surface area contributed by atoms with Crippen LogP contribution in [0.25, 0.3) is 235 Å². The van der Waals surface area contributed by atoms with Crippen molar-refractivity contribution in [3.8, 4) is 203 Å². The van der Waals surface area contributed by atoms with Gasteiger partial charge in [0.15, 0.2) is 52.4 Å². The summed E-state index contributed by atoms with van der Waals surface area (Å²) in [5.74, 6) is 5.90. The first-order chi connectivity index (χ1) is 68.3. The van der Waals surface area contributed by atoms with E-state index in [0.717, 1.165) is 106 Å². The molecule has 6 heterocycles. The molecule has 12 nitrogen and oxygen atoms in total. The zero-order chi connectivity index (χ0) is 92.1. The standard InChI is InChI=1S/3C42H28N4/c1-3-9-33(10-4-1)40-44-41(34-11-5-2-6-12-34)46-42(45-40)35-22-16-30(17-23-35)37-25-19-31-18-24-36(27-38(31)28-37)29-14-20-32(21-15-29)39-13-7-8-26-43-39;1-3-8-33(9-4-1)40-44-41(34-10-5-2-6-11-34)46-42(45-40)35-21-17-30(18-22-35)37-24-20-32-19-23-36(26-39(32)27-37)29-13-15-31(16-14-29)38-12-7-25-43-28-38;1-3-7-34(8-4-1)40-44-41(35-9-5-2-6-10-35)46-42(45-40)36-19-15-31(16-20-36)38-22-18-32-17-21-37(27-39(32)28-38)30-13-11-29(12-14-30)33-23-25-43-26-24-33/h3*1-28H. The highest BCUT2D eigenvalue weighted by molar-refractivity contribution is 5.95. The second-order valence-corrected chi connectivity index (χ2v) is 33.6. The van der Waals surface area contributed by atoms with E-state index in [1.807, 2.05) is 243 Å². The van der Waals surface area contributed by atoms with Gasteiger partial charge in [-0.15, -0.1) is 0 Å². The number of fused-ring (bicyclic) bond motifs is 3. The van der Waals surface area contributed by atoms with Gasteiger partial charge >= 0.3 is 0 Å². The van der Waals surface area contributed by atoms with E-state index in [0.29, 0.717) is 52.4 Å². The number of pyridine rings is 3. The zero-order valence-corrected chi connectivity index (χ0v) is 74.9. The molecule has 0 atom stereocenters. The minimum Gasteiger partial charge on any atom is -0.265 e. The molecule has 0 amide bonds. The quantitative estimate of drug-likeness (QED) is 0.0803. The summed E-state index contributed by atoms with van der Waals surface area (Å²) in [4.78, 5) is 56.6. The van der Waals surface area contributed by atoms with Crippen molar-refractivity contribution < 1.29 is 0 Å². The van der Waals surface area contributed by atoms with Gasteiger partial charge in [-0.1, -0.05) is 413 Å². The molecule has 0 saturated heterocycles. The molecule has 0 fully saturated rings. The molecule has 0 bridgehead atoms. The van der Waals surface area contributed by atoms with Crippen molar-refractivity contribution in [3.63, 3.8) is 0 Å². The van der Waals surface area contributed by atoms with Crippen LogP contribution in [-0.4, -0.2) is 59.8 Å². The van der Waals surface area contributed by atoms with E-state index in [-0.39, 0.29) is 0 Å². The molecular formula is C126H84N12.